The molecule has 0 aromatic carbocycles. The number of likely N-dealkylation sites (tertiary alicyclic amines) is 1. The molecule has 0 spiro atoms. The van der Waals surface area contributed by atoms with Gasteiger partial charge < -0.3 is 15.0 Å². The molecule has 0 radical (unpaired) electrons. The second-order valence-corrected chi connectivity index (χ2v) is 6.77. The van der Waals surface area contributed by atoms with Crippen LogP contribution in [0.5, 0.6) is 0 Å². The molecule has 0 aliphatic carbocycles. The first kappa shape index (κ1) is 15.2. The van der Waals surface area contributed by atoms with Crippen molar-refractivity contribution in [1.29, 1.82) is 0 Å². The number of nitrogens with zero attached hydrogens (tertiary/aromatic N) is 3. The van der Waals surface area contributed by atoms with Crippen molar-refractivity contribution in [3.05, 3.63) is 16.8 Å². The first-order chi connectivity index (χ1) is 10.6. The van der Waals surface area contributed by atoms with Gasteiger partial charge in [0.1, 0.15) is 17.0 Å². The average molecular weight is 320 g/mol. The minimum Gasteiger partial charge on any atom is -0.383 e. The van der Waals surface area contributed by atoms with Gasteiger partial charge in [-0.3, -0.25) is 4.79 Å². The molecule has 7 heteroatoms. The van der Waals surface area contributed by atoms with Gasteiger partial charge in [0.15, 0.2) is 0 Å². The third-order valence-electron chi connectivity index (χ3n) is 4.09. The van der Waals surface area contributed by atoms with Crippen LogP contribution in [-0.2, 0) is 9.53 Å². The first-order valence-corrected chi connectivity index (χ1v) is 8.15. The number of fused-ring (bicyclic) bond motifs is 1. The van der Waals surface area contributed by atoms with Crippen LogP contribution in [0.1, 0.15) is 16.9 Å². The Morgan fingerprint density at radius 3 is 3.05 bits per heavy atom. The quantitative estimate of drug-likeness (QED) is 0.912. The maximum absolute atomic E-state index is 12.0. The Labute approximate surface area is 133 Å². The molecular weight excluding hydrogens is 300 g/mol. The lowest BCUT2D eigenvalue weighted by Crippen LogP contribution is -2.31. The van der Waals surface area contributed by atoms with Crippen LogP contribution < -0.4 is 5.32 Å². The largest absolute Gasteiger partial charge is 0.383 e. The SMILES string of the molecule is COCCN1C[C@@H](Nc2ncnc3sc(C)c(C)c23)CC1=O. The minimum atomic E-state index is 0.0852. The van der Waals surface area contributed by atoms with Gasteiger partial charge in [0.25, 0.3) is 0 Å². The maximum atomic E-state index is 12.0. The highest BCUT2D eigenvalue weighted by Gasteiger charge is 2.30. The molecular formula is C15H20N4O2S. The molecule has 22 heavy (non-hydrogen) atoms. The molecule has 6 nitrogen and oxygen atoms in total. The summed E-state index contributed by atoms with van der Waals surface area (Å²) in [5, 5.41) is 4.50. The molecule has 0 saturated carbocycles. The predicted octanol–water partition coefficient (Wildman–Crippen LogP) is 1.97. The van der Waals surface area contributed by atoms with Crippen LogP contribution in [0, 0.1) is 13.8 Å². The lowest BCUT2D eigenvalue weighted by molar-refractivity contribution is -0.128. The number of nitrogens with one attached hydrogen (secondary N) is 1. The Kier molecular flexibility index (Phi) is 4.26. The number of hydrogen-bond acceptors (Lipinski definition) is 6. The molecule has 1 aliphatic heterocycles. The molecule has 3 rings (SSSR count). The van der Waals surface area contributed by atoms with E-state index < -0.39 is 0 Å². The monoisotopic (exact) mass is 320 g/mol. The van der Waals surface area contributed by atoms with Gasteiger partial charge >= 0.3 is 0 Å². The van der Waals surface area contributed by atoms with Crippen molar-refractivity contribution in [1.82, 2.24) is 14.9 Å². The zero-order valence-electron chi connectivity index (χ0n) is 13.0. The van der Waals surface area contributed by atoms with Crippen LogP contribution in [0.3, 0.4) is 0 Å². The van der Waals surface area contributed by atoms with E-state index in [4.69, 9.17) is 4.74 Å². The van der Waals surface area contributed by atoms with Crippen LogP contribution in [-0.4, -0.2) is 53.6 Å². The number of anilines is 1. The van der Waals surface area contributed by atoms with Gasteiger partial charge in [0.05, 0.1) is 18.0 Å². The fraction of sp³-hybridized carbons (Fsp3) is 0.533. The van der Waals surface area contributed by atoms with Crippen molar-refractivity contribution in [2.45, 2.75) is 26.3 Å². The second kappa shape index (κ2) is 6.18. The number of aromatic nitrogens is 2. The van der Waals surface area contributed by atoms with E-state index in [0.29, 0.717) is 26.1 Å². The van der Waals surface area contributed by atoms with Crippen LogP contribution in [0.2, 0.25) is 0 Å². The molecule has 1 atom stereocenters. The van der Waals surface area contributed by atoms with Crippen molar-refractivity contribution < 1.29 is 9.53 Å². The van der Waals surface area contributed by atoms with Crippen molar-refractivity contribution in [3.8, 4) is 0 Å². The lowest BCUT2D eigenvalue weighted by atomic mass is 10.2. The van der Waals surface area contributed by atoms with E-state index in [1.165, 1.54) is 10.4 Å². The first-order valence-electron chi connectivity index (χ1n) is 7.34. The van der Waals surface area contributed by atoms with Gasteiger partial charge in [-0.15, -0.1) is 11.3 Å². The number of ether oxygens (including phenoxy) is 1. The van der Waals surface area contributed by atoms with Crippen molar-refractivity contribution in [3.63, 3.8) is 0 Å². The summed E-state index contributed by atoms with van der Waals surface area (Å²) in [6.07, 6.45) is 2.08. The highest BCUT2D eigenvalue weighted by atomic mass is 32.1. The highest BCUT2D eigenvalue weighted by molar-refractivity contribution is 7.18. The highest BCUT2D eigenvalue weighted by Crippen LogP contribution is 2.33. The average Bonchev–Trinajstić information content (AvgIpc) is 2.98. The van der Waals surface area contributed by atoms with Gasteiger partial charge in [-0.05, 0) is 19.4 Å². The van der Waals surface area contributed by atoms with E-state index in [0.717, 1.165) is 16.0 Å². The summed E-state index contributed by atoms with van der Waals surface area (Å²) in [6, 6.07) is 0.0852. The zero-order chi connectivity index (χ0) is 15.7. The molecule has 3 heterocycles. The number of carbonyl (C=O) groups is 1. The molecule has 1 saturated heterocycles. The number of aryl methyl sites for hydroxylation is 2. The molecule has 1 aliphatic rings. The molecule has 1 amide bonds. The van der Waals surface area contributed by atoms with Crippen molar-refractivity contribution in [2.24, 2.45) is 0 Å². The number of methoxy groups -OCH3 is 1. The molecule has 0 bridgehead atoms. The standard InChI is InChI=1S/C15H20N4O2S/c1-9-10(2)22-15-13(9)14(16-8-17-15)18-11-6-12(20)19(7-11)4-5-21-3/h8,11H,4-7H2,1-3H3,(H,16,17,18)/t11-/m0/s1. The summed E-state index contributed by atoms with van der Waals surface area (Å²) < 4.78 is 5.05. The number of rotatable bonds is 5. The molecule has 2 aromatic rings. The number of amides is 1. The van der Waals surface area contributed by atoms with Crippen molar-refractivity contribution >= 4 is 33.3 Å². The third-order valence-corrected chi connectivity index (χ3v) is 5.20. The smallest absolute Gasteiger partial charge is 0.224 e. The van der Waals surface area contributed by atoms with Gasteiger partial charge in [-0.2, -0.15) is 0 Å². The van der Waals surface area contributed by atoms with Crippen LogP contribution in [0.25, 0.3) is 10.2 Å². The number of thiophene rings is 1. The van der Waals surface area contributed by atoms with Crippen molar-refractivity contribution in [2.75, 3.05) is 32.1 Å². The van der Waals surface area contributed by atoms with Crippen LogP contribution in [0.15, 0.2) is 6.33 Å². The van der Waals surface area contributed by atoms with Gasteiger partial charge in [0.2, 0.25) is 5.91 Å². The predicted molar refractivity (Wildman–Crippen MR) is 87.4 cm³/mol. The summed E-state index contributed by atoms with van der Waals surface area (Å²) in [5.74, 6) is 0.997. The fourth-order valence-corrected chi connectivity index (χ4v) is 3.77. The summed E-state index contributed by atoms with van der Waals surface area (Å²) in [7, 11) is 1.65. The van der Waals surface area contributed by atoms with E-state index >= 15 is 0 Å². The van der Waals surface area contributed by atoms with E-state index in [9.17, 15) is 4.79 Å². The topological polar surface area (TPSA) is 67.3 Å². The van der Waals surface area contributed by atoms with E-state index in [2.05, 4.69) is 29.1 Å². The fourth-order valence-electron chi connectivity index (χ4n) is 2.77. The van der Waals surface area contributed by atoms with Crippen LogP contribution in [0.4, 0.5) is 5.82 Å². The van der Waals surface area contributed by atoms with Gasteiger partial charge in [-0.1, -0.05) is 0 Å². The maximum Gasteiger partial charge on any atom is 0.224 e. The summed E-state index contributed by atoms with van der Waals surface area (Å²) >= 11 is 1.68. The summed E-state index contributed by atoms with van der Waals surface area (Å²) in [6.45, 7) is 6.09. The molecule has 2 aromatic heterocycles. The molecule has 1 N–H and O–H groups in total. The third kappa shape index (κ3) is 2.78. The minimum absolute atomic E-state index is 0.0852. The summed E-state index contributed by atoms with van der Waals surface area (Å²) in [4.78, 5) is 24.8. The number of carbonyl (C=O) groups excluding carboxylic acids is 1. The normalized spacial score (nSPS) is 18.4. The van der Waals surface area contributed by atoms with Gasteiger partial charge in [0, 0.05) is 31.5 Å². The number of hydrogen-bond donors (Lipinski definition) is 1. The Bertz CT molecular complexity index is 700. The molecule has 0 unspecified atom stereocenters. The van der Waals surface area contributed by atoms with E-state index in [1.807, 2.05) is 4.90 Å². The van der Waals surface area contributed by atoms with Crippen LogP contribution >= 0.6 is 11.3 Å². The van der Waals surface area contributed by atoms with E-state index in [-0.39, 0.29) is 11.9 Å². The Balaban J connectivity index is 1.78. The Hall–Kier alpha value is -1.73. The molecule has 1 fully saturated rings. The van der Waals surface area contributed by atoms with Gasteiger partial charge in [-0.25, -0.2) is 9.97 Å². The lowest BCUT2D eigenvalue weighted by Gasteiger charge is -2.17. The molecule has 118 valence electrons. The zero-order valence-corrected chi connectivity index (χ0v) is 13.9. The summed E-state index contributed by atoms with van der Waals surface area (Å²) in [5.41, 5.74) is 1.21. The second-order valence-electron chi connectivity index (χ2n) is 5.56. The Morgan fingerprint density at radius 1 is 1.45 bits per heavy atom. The Morgan fingerprint density at radius 2 is 2.27 bits per heavy atom. The van der Waals surface area contributed by atoms with E-state index in [1.54, 1.807) is 24.8 Å².